The largest absolute Gasteiger partial charge is 0.507 e. The highest BCUT2D eigenvalue weighted by molar-refractivity contribution is 5.97. The lowest BCUT2D eigenvalue weighted by atomic mass is 10.1. The fourth-order valence-electron chi connectivity index (χ4n) is 1.21. The summed E-state index contributed by atoms with van der Waals surface area (Å²) in [6.45, 7) is 1.40. The molecular formula is C11H9F3N2O2. The van der Waals surface area contributed by atoms with Crippen molar-refractivity contribution in [1.29, 1.82) is 5.26 Å². The SMILES string of the molecule is C[C@@H](C#N)NC(=O)c1ccc(C(F)(F)F)cc1O. The van der Waals surface area contributed by atoms with E-state index in [2.05, 4.69) is 5.32 Å². The van der Waals surface area contributed by atoms with E-state index in [-0.39, 0.29) is 5.56 Å². The van der Waals surface area contributed by atoms with Crippen molar-refractivity contribution < 1.29 is 23.1 Å². The van der Waals surface area contributed by atoms with Gasteiger partial charge in [0, 0.05) is 0 Å². The Bertz CT molecular complexity index is 506. The van der Waals surface area contributed by atoms with Gasteiger partial charge >= 0.3 is 6.18 Å². The second-order valence-corrected chi connectivity index (χ2v) is 3.55. The van der Waals surface area contributed by atoms with Gasteiger partial charge in [-0.3, -0.25) is 4.79 Å². The first-order valence-corrected chi connectivity index (χ1v) is 4.86. The maximum atomic E-state index is 12.3. The molecule has 4 nitrogen and oxygen atoms in total. The summed E-state index contributed by atoms with van der Waals surface area (Å²) < 4.78 is 36.9. The molecular weight excluding hydrogens is 249 g/mol. The first-order chi connectivity index (χ1) is 8.25. The number of halogens is 3. The lowest BCUT2D eigenvalue weighted by Crippen LogP contribution is -2.31. The Labute approximate surface area is 101 Å². The van der Waals surface area contributed by atoms with Crippen LogP contribution in [0.25, 0.3) is 0 Å². The standard InChI is InChI=1S/C11H9F3N2O2/c1-6(5-15)16-10(18)8-3-2-7(4-9(8)17)11(12,13)14/h2-4,6,17H,1H3,(H,16,18)/t6-/m0/s1. The van der Waals surface area contributed by atoms with Gasteiger partial charge in [0.1, 0.15) is 11.8 Å². The zero-order chi connectivity index (χ0) is 13.9. The third-order valence-corrected chi connectivity index (χ3v) is 2.11. The number of phenolic OH excluding ortho intramolecular Hbond substituents is 1. The van der Waals surface area contributed by atoms with E-state index in [9.17, 15) is 23.1 Å². The summed E-state index contributed by atoms with van der Waals surface area (Å²) in [6, 6.07) is 2.93. The van der Waals surface area contributed by atoms with Gasteiger partial charge in [0.05, 0.1) is 17.2 Å². The number of carbonyl (C=O) groups excluding carboxylic acids is 1. The van der Waals surface area contributed by atoms with Gasteiger partial charge in [-0.05, 0) is 25.1 Å². The molecule has 0 bridgehead atoms. The van der Waals surface area contributed by atoms with E-state index in [0.29, 0.717) is 12.1 Å². The fraction of sp³-hybridized carbons (Fsp3) is 0.273. The predicted octanol–water partition coefficient (Wildman–Crippen LogP) is 2.05. The monoisotopic (exact) mass is 258 g/mol. The van der Waals surface area contributed by atoms with Crippen molar-refractivity contribution in [2.24, 2.45) is 0 Å². The second-order valence-electron chi connectivity index (χ2n) is 3.55. The number of alkyl halides is 3. The first kappa shape index (κ1) is 13.8. The van der Waals surface area contributed by atoms with Crippen molar-refractivity contribution in [3.63, 3.8) is 0 Å². The molecule has 18 heavy (non-hydrogen) atoms. The van der Waals surface area contributed by atoms with Crippen molar-refractivity contribution in [2.45, 2.75) is 19.1 Å². The molecule has 1 amide bonds. The van der Waals surface area contributed by atoms with Gasteiger partial charge in [-0.1, -0.05) is 0 Å². The highest BCUT2D eigenvalue weighted by Crippen LogP contribution is 2.32. The first-order valence-electron chi connectivity index (χ1n) is 4.86. The van der Waals surface area contributed by atoms with Gasteiger partial charge in [-0.25, -0.2) is 0 Å². The van der Waals surface area contributed by atoms with E-state index in [4.69, 9.17) is 5.26 Å². The number of nitriles is 1. The Hall–Kier alpha value is -2.23. The Morgan fingerprint density at radius 1 is 1.50 bits per heavy atom. The number of nitrogens with zero attached hydrogens (tertiary/aromatic N) is 1. The molecule has 0 aliphatic rings. The summed E-state index contributed by atoms with van der Waals surface area (Å²) in [6.07, 6.45) is -4.59. The molecule has 0 aliphatic carbocycles. The Morgan fingerprint density at radius 3 is 2.56 bits per heavy atom. The molecule has 2 N–H and O–H groups in total. The second kappa shape index (κ2) is 4.96. The van der Waals surface area contributed by atoms with Crippen LogP contribution >= 0.6 is 0 Å². The van der Waals surface area contributed by atoms with E-state index in [1.54, 1.807) is 6.07 Å². The van der Waals surface area contributed by atoms with Gasteiger partial charge in [-0.15, -0.1) is 0 Å². The van der Waals surface area contributed by atoms with E-state index >= 15 is 0 Å². The topological polar surface area (TPSA) is 73.1 Å². The number of amides is 1. The number of phenols is 1. The Kier molecular flexibility index (Phi) is 3.81. The summed E-state index contributed by atoms with van der Waals surface area (Å²) in [4.78, 5) is 11.5. The molecule has 0 aromatic heterocycles. The summed E-state index contributed by atoms with van der Waals surface area (Å²) >= 11 is 0. The summed E-state index contributed by atoms with van der Waals surface area (Å²) in [5.74, 6) is -1.59. The zero-order valence-corrected chi connectivity index (χ0v) is 9.25. The molecule has 1 aromatic rings. The smallest absolute Gasteiger partial charge is 0.416 e. The number of rotatable bonds is 2. The van der Waals surface area contributed by atoms with Crippen LogP contribution in [0.1, 0.15) is 22.8 Å². The van der Waals surface area contributed by atoms with Crippen molar-refractivity contribution in [3.8, 4) is 11.8 Å². The molecule has 0 spiro atoms. The number of hydrogen-bond acceptors (Lipinski definition) is 3. The minimum absolute atomic E-state index is 0.315. The molecule has 0 saturated carbocycles. The fourth-order valence-corrected chi connectivity index (χ4v) is 1.21. The van der Waals surface area contributed by atoms with Crippen LogP contribution in [0.15, 0.2) is 18.2 Å². The van der Waals surface area contributed by atoms with Crippen molar-refractivity contribution in [2.75, 3.05) is 0 Å². The van der Waals surface area contributed by atoms with Crippen LogP contribution in [0.5, 0.6) is 5.75 Å². The van der Waals surface area contributed by atoms with Gasteiger partial charge in [0.25, 0.3) is 5.91 Å². The minimum Gasteiger partial charge on any atom is -0.507 e. The molecule has 1 aromatic carbocycles. The molecule has 0 heterocycles. The summed E-state index contributed by atoms with van der Waals surface area (Å²) in [5.41, 5.74) is -1.37. The average molecular weight is 258 g/mol. The summed E-state index contributed by atoms with van der Waals surface area (Å²) in [5, 5.41) is 20.0. The number of hydrogen-bond donors (Lipinski definition) is 2. The van der Waals surface area contributed by atoms with Crippen LogP contribution in [-0.4, -0.2) is 17.1 Å². The van der Waals surface area contributed by atoms with E-state index in [1.807, 2.05) is 0 Å². The normalized spacial score (nSPS) is 12.6. The van der Waals surface area contributed by atoms with Crippen LogP contribution in [0.4, 0.5) is 13.2 Å². The third kappa shape index (κ3) is 3.13. The lowest BCUT2D eigenvalue weighted by molar-refractivity contribution is -0.137. The number of carbonyl (C=O) groups is 1. The highest BCUT2D eigenvalue weighted by Gasteiger charge is 2.31. The summed E-state index contributed by atoms with van der Waals surface area (Å²) in [7, 11) is 0. The van der Waals surface area contributed by atoms with Crippen LogP contribution in [0.3, 0.4) is 0 Å². The predicted molar refractivity (Wildman–Crippen MR) is 55.7 cm³/mol. The zero-order valence-electron chi connectivity index (χ0n) is 9.25. The van der Waals surface area contributed by atoms with Crippen LogP contribution < -0.4 is 5.32 Å². The lowest BCUT2D eigenvalue weighted by Gasteiger charge is -2.11. The van der Waals surface area contributed by atoms with Crippen molar-refractivity contribution in [1.82, 2.24) is 5.32 Å². The minimum atomic E-state index is -4.59. The highest BCUT2D eigenvalue weighted by atomic mass is 19.4. The van der Waals surface area contributed by atoms with E-state index in [0.717, 1.165) is 6.07 Å². The molecule has 7 heteroatoms. The van der Waals surface area contributed by atoms with Crippen LogP contribution in [0, 0.1) is 11.3 Å². The Balaban J connectivity index is 3.00. The molecule has 1 rings (SSSR count). The molecule has 0 fully saturated rings. The van der Waals surface area contributed by atoms with Gasteiger partial charge in [-0.2, -0.15) is 18.4 Å². The molecule has 0 aliphatic heterocycles. The number of benzene rings is 1. The quantitative estimate of drug-likeness (QED) is 0.852. The van der Waals surface area contributed by atoms with Crippen molar-refractivity contribution >= 4 is 5.91 Å². The van der Waals surface area contributed by atoms with Crippen molar-refractivity contribution in [3.05, 3.63) is 29.3 Å². The maximum absolute atomic E-state index is 12.3. The van der Waals surface area contributed by atoms with E-state index in [1.165, 1.54) is 6.92 Å². The van der Waals surface area contributed by atoms with Crippen LogP contribution in [-0.2, 0) is 6.18 Å². The maximum Gasteiger partial charge on any atom is 0.416 e. The van der Waals surface area contributed by atoms with Gasteiger partial charge in [0.2, 0.25) is 0 Å². The number of aromatic hydroxyl groups is 1. The molecule has 1 atom stereocenters. The Morgan fingerprint density at radius 2 is 2.11 bits per heavy atom. The van der Waals surface area contributed by atoms with Gasteiger partial charge < -0.3 is 10.4 Å². The van der Waals surface area contributed by atoms with Crippen LogP contribution in [0.2, 0.25) is 0 Å². The third-order valence-electron chi connectivity index (χ3n) is 2.11. The molecule has 0 unspecified atom stereocenters. The molecule has 0 saturated heterocycles. The van der Waals surface area contributed by atoms with Gasteiger partial charge in [0.15, 0.2) is 0 Å². The average Bonchev–Trinajstić information content (AvgIpc) is 2.27. The number of nitrogens with one attached hydrogen (secondary N) is 1. The molecule has 96 valence electrons. The van der Waals surface area contributed by atoms with E-state index < -0.39 is 29.4 Å². The molecule has 0 radical (unpaired) electrons.